The number of aliphatic hydroxyl groups is 1. The molecule has 2 unspecified atom stereocenters. The molecule has 4 aliphatic rings. The summed E-state index contributed by atoms with van der Waals surface area (Å²) in [6.45, 7) is 2.06. The Hall–Kier alpha value is -4.29. The summed E-state index contributed by atoms with van der Waals surface area (Å²) in [5, 5.41) is 24.5. The van der Waals surface area contributed by atoms with Gasteiger partial charge >= 0.3 is 0 Å². The maximum absolute atomic E-state index is 14.2. The number of para-hydroxylation sites is 1. The van der Waals surface area contributed by atoms with Gasteiger partial charge in [-0.15, -0.1) is 0 Å². The monoisotopic (exact) mass is 642 g/mol. The second-order valence-corrected chi connectivity index (χ2v) is 13.6. The number of rotatable bonds is 4. The van der Waals surface area contributed by atoms with Gasteiger partial charge in [0.2, 0.25) is 0 Å². The molecule has 2 aliphatic heterocycles. The molecule has 0 fully saturated rings. The molecular formula is C40H35ClN2O2S. The van der Waals surface area contributed by atoms with Crippen molar-refractivity contribution >= 4 is 58.2 Å². The van der Waals surface area contributed by atoms with E-state index in [1.807, 2.05) is 66.2 Å². The van der Waals surface area contributed by atoms with E-state index in [1.54, 1.807) is 11.8 Å². The van der Waals surface area contributed by atoms with E-state index >= 15 is 0 Å². The summed E-state index contributed by atoms with van der Waals surface area (Å²) in [5.74, 6) is 0.132. The van der Waals surface area contributed by atoms with Crippen LogP contribution in [-0.2, 0) is 11.2 Å². The van der Waals surface area contributed by atoms with E-state index < -0.39 is 11.0 Å². The lowest BCUT2D eigenvalue weighted by atomic mass is 9.82. The highest BCUT2D eigenvalue weighted by atomic mass is 35.5. The molecule has 0 saturated carbocycles. The van der Waals surface area contributed by atoms with Crippen LogP contribution in [0.2, 0.25) is 5.02 Å². The third-order valence-electron chi connectivity index (χ3n) is 8.96. The average molecular weight is 643 g/mol. The van der Waals surface area contributed by atoms with Crippen molar-refractivity contribution in [1.29, 1.82) is 0 Å². The van der Waals surface area contributed by atoms with Crippen LogP contribution in [0.1, 0.15) is 47.6 Å². The van der Waals surface area contributed by atoms with Gasteiger partial charge in [0, 0.05) is 34.6 Å². The highest BCUT2D eigenvalue weighted by Crippen LogP contribution is 2.41. The predicted molar refractivity (Wildman–Crippen MR) is 193 cm³/mol. The number of aliphatic hydroxyl groups excluding tert-OH is 1. The highest BCUT2D eigenvalue weighted by molar-refractivity contribution is 8.04. The van der Waals surface area contributed by atoms with E-state index in [1.165, 1.54) is 5.56 Å². The van der Waals surface area contributed by atoms with Crippen molar-refractivity contribution in [2.45, 2.75) is 43.6 Å². The number of aryl methyl sites for hydroxylation is 1. The number of ketones is 1. The summed E-state index contributed by atoms with van der Waals surface area (Å²) in [6.07, 6.45) is 14.3. The summed E-state index contributed by atoms with van der Waals surface area (Å²) in [5.41, 5.74) is 7.37. The molecule has 0 saturated heterocycles. The SMILES string of the molecule is C1=CNc2ccccc2C=C1.Cc1cccc(NC2(C(=O)C3=c4ccc5c(c4CCC3)C(O)C=c3c(Cl)cccc3=5)CC=CS2)c1. The summed E-state index contributed by atoms with van der Waals surface area (Å²) < 4.78 is 0. The van der Waals surface area contributed by atoms with Gasteiger partial charge in [0.05, 0.1) is 6.10 Å². The first-order chi connectivity index (χ1) is 22.4. The molecular weight excluding hydrogens is 608 g/mol. The summed E-state index contributed by atoms with van der Waals surface area (Å²) in [6, 6.07) is 26.4. The molecule has 0 amide bonds. The van der Waals surface area contributed by atoms with Gasteiger partial charge < -0.3 is 15.7 Å². The van der Waals surface area contributed by atoms with Gasteiger partial charge in [-0.05, 0) is 111 Å². The third kappa shape index (κ3) is 5.75. The molecule has 230 valence electrons. The number of halogens is 1. The summed E-state index contributed by atoms with van der Waals surface area (Å²) >= 11 is 8.00. The number of anilines is 2. The molecule has 8 rings (SSSR count). The Bertz CT molecular complexity index is 2160. The topological polar surface area (TPSA) is 61.4 Å². The first-order valence-corrected chi connectivity index (χ1v) is 16.9. The van der Waals surface area contributed by atoms with Crippen molar-refractivity contribution in [1.82, 2.24) is 0 Å². The van der Waals surface area contributed by atoms with E-state index in [0.717, 1.165) is 73.8 Å². The Labute approximate surface area is 278 Å². The first-order valence-electron chi connectivity index (χ1n) is 15.7. The van der Waals surface area contributed by atoms with Gasteiger partial charge in [-0.1, -0.05) is 96.2 Å². The van der Waals surface area contributed by atoms with Crippen LogP contribution in [0.25, 0.3) is 17.7 Å². The standard InChI is InChI=1S/C30H26ClNO2S.C10H9N/c1-18-6-2-7-19(16-18)32-30(14-5-15-35-30)29(34)24-10-3-9-22-21(24)12-13-23-20-8-4-11-26(31)25(20)17-27(33)28(22)23;1-2-7-10-9(5-1)6-3-4-8-11-10/h2,4-8,11-13,15-17,27,32-33H,3,9-10,14H2,1H3;1-8,11H. The van der Waals surface area contributed by atoms with Crippen LogP contribution in [0.15, 0.2) is 109 Å². The highest BCUT2D eigenvalue weighted by Gasteiger charge is 2.42. The molecule has 2 aliphatic carbocycles. The number of hydrogen-bond acceptors (Lipinski definition) is 5. The van der Waals surface area contributed by atoms with Gasteiger partial charge in [-0.3, -0.25) is 4.79 Å². The van der Waals surface area contributed by atoms with Crippen LogP contribution in [0.4, 0.5) is 11.4 Å². The molecule has 0 radical (unpaired) electrons. The zero-order valence-corrected chi connectivity index (χ0v) is 27.2. The van der Waals surface area contributed by atoms with E-state index in [-0.39, 0.29) is 5.78 Å². The molecule has 2 heterocycles. The van der Waals surface area contributed by atoms with Crippen molar-refractivity contribution in [2.75, 3.05) is 10.6 Å². The second-order valence-electron chi connectivity index (χ2n) is 12.0. The zero-order chi connectivity index (χ0) is 31.7. The first kappa shape index (κ1) is 30.4. The van der Waals surface area contributed by atoms with Crippen molar-refractivity contribution in [2.24, 2.45) is 0 Å². The Morgan fingerprint density at radius 2 is 1.83 bits per heavy atom. The summed E-state index contributed by atoms with van der Waals surface area (Å²) in [4.78, 5) is 13.5. The number of carbonyl (C=O) groups is 1. The number of carbonyl (C=O) groups excluding carboxylic acids is 1. The van der Waals surface area contributed by atoms with E-state index in [2.05, 4.69) is 72.2 Å². The minimum atomic E-state index is -0.751. The molecule has 4 aromatic rings. The quantitative estimate of drug-likeness (QED) is 0.211. The Morgan fingerprint density at radius 3 is 2.67 bits per heavy atom. The van der Waals surface area contributed by atoms with E-state index in [0.29, 0.717) is 11.4 Å². The van der Waals surface area contributed by atoms with Crippen LogP contribution in [0.3, 0.4) is 0 Å². The van der Waals surface area contributed by atoms with Gasteiger partial charge in [-0.25, -0.2) is 0 Å². The van der Waals surface area contributed by atoms with Gasteiger partial charge in [0.15, 0.2) is 10.7 Å². The molecule has 0 bridgehead atoms. The number of benzene rings is 4. The number of hydrogen-bond donors (Lipinski definition) is 3. The van der Waals surface area contributed by atoms with Crippen LogP contribution in [0.5, 0.6) is 0 Å². The van der Waals surface area contributed by atoms with Crippen molar-refractivity contribution in [3.8, 4) is 0 Å². The largest absolute Gasteiger partial charge is 0.384 e. The minimum Gasteiger partial charge on any atom is -0.384 e. The molecule has 0 spiro atoms. The van der Waals surface area contributed by atoms with E-state index in [4.69, 9.17) is 11.6 Å². The third-order valence-corrected chi connectivity index (χ3v) is 10.5. The van der Waals surface area contributed by atoms with Crippen LogP contribution in [-0.4, -0.2) is 15.8 Å². The molecule has 4 aromatic carbocycles. The maximum Gasteiger partial charge on any atom is 0.195 e. The average Bonchev–Trinajstić information content (AvgIpc) is 3.41. The predicted octanol–water partition coefficient (Wildman–Crippen LogP) is 7.92. The lowest BCUT2D eigenvalue weighted by molar-refractivity contribution is -0.115. The van der Waals surface area contributed by atoms with E-state index in [9.17, 15) is 9.90 Å². The summed E-state index contributed by atoms with van der Waals surface area (Å²) in [7, 11) is 0. The fourth-order valence-electron chi connectivity index (χ4n) is 6.82. The zero-order valence-electron chi connectivity index (χ0n) is 25.6. The molecule has 6 heteroatoms. The van der Waals surface area contributed by atoms with Crippen LogP contribution < -0.4 is 21.1 Å². The lowest BCUT2D eigenvalue weighted by Gasteiger charge is -2.32. The Morgan fingerprint density at radius 1 is 0.978 bits per heavy atom. The fraction of sp³-hybridized carbons (Fsp3) is 0.175. The smallest absolute Gasteiger partial charge is 0.195 e. The van der Waals surface area contributed by atoms with Crippen molar-refractivity contribution < 1.29 is 9.90 Å². The number of allylic oxidation sites excluding steroid dienone is 2. The Kier molecular flexibility index (Phi) is 8.48. The van der Waals surface area contributed by atoms with Crippen LogP contribution in [0, 0.1) is 17.4 Å². The molecule has 0 aromatic heterocycles. The van der Waals surface area contributed by atoms with Crippen LogP contribution >= 0.6 is 23.4 Å². The maximum atomic E-state index is 14.2. The Balaban J connectivity index is 0.000000259. The normalized spacial score (nSPS) is 20.1. The number of Topliss-reactive ketones (excluding diaryl/α,β-unsaturated/α-hetero) is 1. The molecule has 4 nitrogen and oxygen atoms in total. The fourth-order valence-corrected chi connectivity index (χ4v) is 8.08. The minimum absolute atomic E-state index is 0.132. The number of thioether (sulfide) groups is 1. The number of nitrogens with one attached hydrogen (secondary N) is 2. The van der Waals surface area contributed by atoms with Gasteiger partial charge in [0.25, 0.3) is 0 Å². The molecule has 46 heavy (non-hydrogen) atoms. The lowest BCUT2D eigenvalue weighted by Crippen LogP contribution is -2.44. The van der Waals surface area contributed by atoms with Crippen molar-refractivity contribution in [3.05, 3.63) is 157 Å². The van der Waals surface area contributed by atoms with Gasteiger partial charge in [-0.2, -0.15) is 0 Å². The van der Waals surface area contributed by atoms with Crippen molar-refractivity contribution in [3.63, 3.8) is 0 Å². The second kappa shape index (κ2) is 12.8. The van der Waals surface area contributed by atoms with Gasteiger partial charge in [0.1, 0.15) is 0 Å². The molecule has 3 N–H and O–H groups in total. The number of fused-ring (bicyclic) bond motifs is 5. The molecule has 2 atom stereocenters.